The zero-order valence-corrected chi connectivity index (χ0v) is 18.8. The number of nitrogens with zero attached hydrogens (tertiary/aromatic N) is 2. The zero-order valence-electron chi connectivity index (χ0n) is 16.4. The minimum absolute atomic E-state index is 0.219. The smallest absolute Gasteiger partial charge is 0.295 e. The molecule has 2 N–H and O–H groups in total. The van der Waals surface area contributed by atoms with Crippen LogP contribution in [-0.2, 0) is 14.8 Å². The lowest BCUT2D eigenvalue weighted by molar-refractivity contribution is -0.895. The van der Waals surface area contributed by atoms with E-state index in [2.05, 4.69) is 10.5 Å². The first kappa shape index (κ1) is 22.7. The van der Waals surface area contributed by atoms with E-state index < -0.39 is 10.0 Å². The molecule has 1 heterocycles. The second kappa shape index (κ2) is 9.89. The molecule has 1 saturated heterocycles. The van der Waals surface area contributed by atoms with Gasteiger partial charge in [-0.3, -0.25) is 4.79 Å². The third-order valence-corrected chi connectivity index (χ3v) is 7.50. The van der Waals surface area contributed by atoms with Crippen LogP contribution in [0.1, 0.15) is 11.1 Å². The summed E-state index contributed by atoms with van der Waals surface area (Å²) in [6.07, 6.45) is 1.49. The van der Waals surface area contributed by atoms with Crippen molar-refractivity contribution in [3.8, 4) is 0 Å². The van der Waals surface area contributed by atoms with Crippen molar-refractivity contribution in [1.29, 1.82) is 0 Å². The minimum Gasteiger partial charge on any atom is -0.325 e. The fourth-order valence-corrected chi connectivity index (χ4v) is 4.86. The maximum absolute atomic E-state index is 12.7. The van der Waals surface area contributed by atoms with E-state index in [0.29, 0.717) is 46.7 Å². The van der Waals surface area contributed by atoms with E-state index in [9.17, 15) is 13.2 Å². The maximum atomic E-state index is 12.7. The molecule has 30 heavy (non-hydrogen) atoms. The number of aryl methyl sites for hydroxylation is 1. The Hall–Kier alpha value is -1.97. The molecule has 0 atom stereocenters. The number of carbonyl (C=O) groups excluding carboxylic acids is 1. The molecule has 10 heteroatoms. The van der Waals surface area contributed by atoms with Gasteiger partial charge in [0.25, 0.3) is 5.91 Å². The number of piperazine rings is 1. The summed E-state index contributed by atoms with van der Waals surface area (Å²) in [5, 5.41) is 4.79. The predicted molar refractivity (Wildman–Crippen MR) is 118 cm³/mol. The van der Waals surface area contributed by atoms with Gasteiger partial charge in [0, 0.05) is 0 Å². The number of rotatable bonds is 6. The summed E-state index contributed by atoms with van der Waals surface area (Å²) in [5.74, 6) is -0.240. The summed E-state index contributed by atoms with van der Waals surface area (Å²) in [5.41, 5.74) is 4.21. The van der Waals surface area contributed by atoms with E-state index in [-0.39, 0.29) is 12.5 Å². The van der Waals surface area contributed by atoms with Crippen LogP contribution >= 0.6 is 23.2 Å². The molecule has 7 nitrogen and oxygen atoms in total. The van der Waals surface area contributed by atoms with Gasteiger partial charge < -0.3 is 4.90 Å². The number of benzene rings is 2. The van der Waals surface area contributed by atoms with E-state index in [4.69, 9.17) is 23.2 Å². The molecule has 0 saturated carbocycles. The summed E-state index contributed by atoms with van der Waals surface area (Å²) in [7, 11) is -3.51. The lowest BCUT2D eigenvalue weighted by atomic mass is 10.2. The van der Waals surface area contributed by atoms with E-state index in [1.165, 1.54) is 10.5 Å². The van der Waals surface area contributed by atoms with Gasteiger partial charge in [0.2, 0.25) is 10.0 Å². The normalized spacial score (nSPS) is 16.1. The Bertz CT molecular complexity index is 1030. The van der Waals surface area contributed by atoms with Crippen molar-refractivity contribution >= 4 is 45.3 Å². The first-order chi connectivity index (χ1) is 14.3. The van der Waals surface area contributed by atoms with Crippen LogP contribution in [0.15, 0.2) is 52.5 Å². The lowest BCUT2D eigenvalue weighted by Crippen LogP contribution is -3.15. The van der Waals surface area contributed by atoms with Crippen LogP contribution in [0.2, 0.25) is 10.0 Å². The average molecular weight is 470 g/mol. The van der Waals surface area contributed by atoms with Crippen molar-refractivity contribution in [2.45, 2.75) is 11.8 Å². The Kier molecular flexibility index (Phi) is 7.49. The molecule has 0 radical (unpaired) electrons. The SMILES string of the molecule is Cc1ccc(S(=O)(=O)N2CC[NH+](CC(=O)N/N=C/c3ccc(Cl)c(Cl)c3)CC2)cc1. The van der Waals surface area contributed by atoms with Crippen LogP contribution in [0.4, 0.5) is 0 Å². The monoisotopic (exact) mass is 469 g/mol. The van der Waals surface area contributed by atoms with Crippen molar-refractivity contribution in [3.63, 3.8) is 0 Å². The van der Waals surface area contributed by atoms with E-state index in [0.717, 1.165) is 10.5 Å². The Labute approximate surface area is 186 Å². The Balaban J connectivity index is 1.48. The number of halogens is 2. The van der Waals surface area contributed by atoms with Gasteiger partial charge in [-0.1, -0.05) is 47.0 Å². The lowest BCUT2D eigenvalue weighted by Gasteiger charge is -2.31. The first-order valence-corrected chi connectivity index (χ1v) is 11.6. The Morgan fingerprint density at radius 2 is 1.80 bits per heavy atom. The van der Waals surface area contributed by atoms with E-state index in [1.54, 1.807) is 42.5 Å². The van der Waals surface area contributed by atoms with Crippen molar-refractivity contribution < 1.29 is 18.1 Å². The van der Waals surface area contributed by atoms with Crippen molar-refractivity contribution in [2.75, 3.05) is 32.7 Å². The zero-order chi connectivity index (χ0) is 21.7. The second-order valence-corrected chi connectivity index (χ2v) is 9.86. The maximum Gasteiger partial charge on any atom is 0.295 e. The largest absolute Gasteiger partial charge is 0.325 e. The third kappa shape index (κ3) is 5.80. The summed E-state index contributed by atoms with van der Waals surface area (Å²) >= 11 is 11.8. The van der Waals surface area contributed by atoms with E-state index >= 15 is 0 Å². The predicted octanol–water partition coefficient (Wildman–Crippen LogP) is 1.34. The topological polar surface area (TPSA) is 83.3 Å². The van der Waals surface area contributed by atoms with Crippen LogP contribution in [0.5, 0.6) is 0 Å². The highest BCUT2D eigenvalue weighted by Crippen LogP contribution is 2.21. The summed E-state index contributed by atoms with van der Waals surface area (Å²) in [6.45, 7) is 3.97. The minimum atomic E-state index is -3.51. The number of hydrogen-bond acceptors (Lipinski definition) is 4. The van der Waals surface area contributed by atoms with Gasteiger partial charge >= 0.3 is 0 Å². The number of nitrogens with one attached hydrogen (secondary N) is 2. The molecular weight excluding hydrogens is 447 g/mol. The van der Waals surface area contributed by atoms with Crippen LogP contribution in [0, 0.1) is 6.92 Å². The van der Waals surface area contributed by atoms with Gasteiger partial charge in [0.1, 0.15) is 0 Å². The molecule has 2 aromatic carbocycles. The fraction of sp³-hybridized carbons (Fsp3) is 0.300. The first-order valence-electron chi connectivity index (χ1n) is 9.43. The summed E-state index contributed by atoms with van der Waals surface area (Å²) in [4.78, 5) is 13.4. The molecule has 0 aromatic heterocycles. The van der Waals surface area contributed by atoms with Gasteiger partial charge in [0.15, 0.2) is 6.54 Å². The van der Waals surface area contributed by atoms with Gasteiger partial charge in [-0.05, 0) is 36.8 Å². The third-order valence-electron chi connectivity index (χ3n) is 4.85. The van der Waals surface area contributed by atoms with E-state index in [1.807, 2.05) is 6.92 Å². The Morgan fingerprint density at radius 3 is 2.43 bits per heavy atom. The number of hydrazone groups is 1. The fourth-order valence-electron chi connectivity index (χ4n) is 3.12. The summed E-state index contributed by atoms with van der Waals surface area (Å²) < 4.78 is 27.0. The molecule has 0 spiro atoms. The van der Waals surface area contributed by atoms with Crippen LogP contribution in [-0.4, -0.2) is 57.6 Å². The van der Waals surface area contributed by atoms with Crippen LogP contribution in [0.25, 0.3) is 0 Å². The molecule has 160 valence electrons. The molecule has 2 aromatic rings. The van der Waals surface area contributed by atoms with Crippen LogP contribution < -0.4 is 10.3 Å². The highest BCUT2D eigenvalue weighted by Gasteiger charge is 2.31. The number of amides is 1. The molecule has 1 aliphatic heterocycles. The standard InChI is InChI=1S/C20H22Cl2N4O3S/c1-15-2-5-17(6-3-15)30(28,29)26-10-8-25(9-11-26)14-20(27)24-23-13-16-4-7-18(21)19(22)12-16/h2-7,12-13H,8-11,14H2,1H3,(H,24,27)/p+1/b23-13+. The molecular formula is C20H23Cl2N4O3S+. The Morgan fingerprint density at radius 1 is 1.13 bits per heavy atom. The molecule has 3 rings (SSSR count). The highest BCUT2D eigenvalue weighted by atomic mass is 35.5. The quantitative estimate of drug-likeness (QED) is 0.494. The van der Waals surface area contributed by atoms with Gasteiger partial charge in [-0.15, -0.1) is 0 Å². The van der Waals surface area contributed by atoms with Gasteiger partial charge in [-0.25, -0.2) is 13.8 Å². The highest BCUT2D eigenvalue weighted by molar-refractivity contribution is 7.89. The van der Waals surface area contributed by atoms with Gasteiger partial charge in [-0.2, -0.15) is 9.41 Å². The second-order valence-electron chi connectivity index (χ2n) is 7.11. The summed E-state index contributed by atoms with van der Waals surface area (Å²) in [6, 6.07) is 11.9. The average Bonchev–Trinajstić information content (AvgIpc) is 2.71. The number of sulfonamides is 1. The molecule has 0 aliphatic carbocycles. The molecule has 1 aliphatic rings. The van der Waals surface area contributed by atoms with Crippen molar-refractivity contribution in [1.82, 2.24) is 9.73 Å². The number of carbonyl (C=O) groups is 1. The van der Waals surface area contributed by atoms with Crippen LogP contribution in [0.3, 0.4) is 0 Å². The number of quaternary nitrogens is 1. The molecule has 0 bridgehead atoms. The van der Waals surface area contributed by atoms with Crippen molar-refractivity contribution in [2.24, 2.45) is 5.10 Å². The van der Waals surface area contributed by atoms with Gasteiger partial charge in [0.05, 0.1) is 47.3 Å². The molecule has 1 amide bonds. The molecule has 0 unspecified atom stereocenters. The van der Waals surface area contributed by atoms with Crippen molar-refractivity contribution in [3.05, 3.63) is 63.6 Å². The molecule has 1 fully saturated rings. The number of hydrogen-bond donors (Lipinski definition) is 2.